The van der Waals surface area contributed by atoms with Crippen LogP contribution < -0.4 is 4.74 Å². The third-order valence-electron chi connectivity index (χ3n) is 2.96. The summed E-state index contributed by atoms with van der Waals surface area (Å²) in [5, 5.41) is 0. The summed E-state index contributed by atoms with van der Waals surface area (Å²) < 4.78 is 5.24. The molecule has 0 bridgehead atoms. The van der Waals surface area contributed by atoms with E-state index in [1.54, 1.807) is 19.3 Å². The second-order valence-corrected chi connectivity index (χ2v) is 4.25. The van der Waals surface area contributed by atoms with E-state index in [1.807, 2.05) is 55.5 Å². The van der Waals surface area contributed by atoms with E-state index in [0.29, 0.717) is 0 Å². The monoisotopic (exact) mass is 252 g/mol. The number of para-hydroxylation sites is 1. The minimum Gasteiger partial charge on any atom is -0.496 e. The van der Waals surface area contributed by atoms with Crippen LogP contribution in [-0.2, 0) is 0 Å². The number of carbonyl (C=O) groups excluding carboxylic acids is 1. The fraction of sp³-hybridized carbons (Fsp3) is 0.118. The highest BCUT2D eigenvalue weighted by Gasteiger charge is 2.05. The van der Waals surface area contributed by atoms with Crippen molar-refractivity contribution in [2.75, 3.05) is 7.11 Å². The van der Waals surface area contributed by atoms with Crippen molar-refractivity contribution in [2.24, 2.45) is 0 Å². The number of hydrogen-bond acceptors (Lipinski definition) is 2. The minimum absolute atomic E-state index is 0.00371. The van der Waals surface area contributed by atoms with Gasteiger partial charge in [0.2, 0.25) is 0 Å². The second kappa shape index (κ2) is 6.01. The van der Waals surface area contributed by atoms with E-state index in [0.717, 1.165) is 22.4 Å². The maximum atomic E-state index is 12.1. The van der Waals surface area contributed by atoms with Crippen LogP contribution in [0.3, 0.4) is 0 Å². The summed E-state index contributed by atoms with van der Waals surface area (Å²) in [6.45, 7) is 1.93. The zero-order valence-electron chi connectivity index (χ0n) is 11.1. The normalized spacial score (nSPS) is 10.6. The largest absolute Gasteiger partial charge is 0.496 e. The summed E-state index contributed by atoms with van der Waals surface area (Å²) in [5.41, 5.74) is 2.61. The summed E-state index contributed by atoms with van der Waals surface area (Å²) in [6, 6.07) is 15.2. The Morgan fingerprint density at radius 1 is 1.05 bits per heavy atom. The SMILES string of the molecule is COc1ccccc1C=CC(=O)c1ccccc1C. The van der Waals surface area contributed by atoms with Crippen LogP contribution in [0, 0.1) is 6.92 Å². The maximum absolute atomic E-state index is 12.1. The Kier molecular flexibility index (Phi) is 4.14. The van der Waals surface area contributed by atoms with Gasteiger partial charge in [-0.2, -0.15) is 0 Å². The summed E-state index contributed by atoms with van der Waals surface area (Å²) in [4.78, 5) is 12.1. The lowest BCUT2D eigenvalue weighted by molar-refractivity contribution is 0.104. The zero-order valence-corrected chi connectivity index (χ0v) is 11.1. The summed E-state index contributed by atoms with van der Waals surface area (Å²) in [5.74, 6) is 0.764. The van der Waals surface area contributed by atoms with Crippen molar-refractivity contribution in [3.05, 3.63) is 71.3 Å². The van der Waals surface area contributed by atoms with Gasteiger partial charge in [-0.15, -0.1) is 0 Å². The molecule has 0 spiro atoms. The van der Waals surface area contributed by atoms with E-state index in [4.69, 9.17) is 4.74 Å². The highest BCUT2D eigenvalue weighted by Crippen LogP contribution is 2.19. The Balaban J connectivity index is 2.24. The van der Waals surface area contributed by atoms with E-state index in [-0.39, 0.29) is 5.78 Å². The molecule has 0 saturated heterocycles. The van der Waals surface area contributed by atoms with Gasteiger partial charge in [0.05, 0.1) is 7.11 Å². The molecule has 19 heavy (non-hydrogen) atoms. The lowest BCUT2D eigenvalue weighted by atomic mass is 10.0. The lowest BCUT2D eigenvalue weighted by Crippen LogP contribution is -1.97. The molecule has 96 valence electrons. The topological polar surface area (TPSA) is 26.3 Å². The number of ether oxygens (including phenoxy) is 1. The van der Waals surface area contributed by atoms with Gasteiger partial charge in [0.15, 0.2) is 5.78 Å². The Morgan fingerprint density at radius 3 is 2.47 bits per heavy atom. The molecule has 0 aliphatic carbocycles. The summed E-state index contributed by atoms with van der Waals surface area (Å²) >= 11 is 0. The number of aryl methyl sites for hydroxylation is 1. The van der Waals surface area contributed by atoms with Crippen LogP contribution in [0.1, 0.15) is 21.5 Å². The second-order valence-electron chi connectivity index (χ2n) is 4.25. The average Bonchev–Trinajstić information content (AvgIpc) is 2.45. The van der Waals surface area contributed by atoms with Gasteiger partial charge in [-0.3, -0.25) is 4.79 Å². The molecule has 0 fully saturated rings. The van der Waals surface area contributed by atoms with Gasteiger partial charge >= 0.3 is 0 Å². The molecule has 0 radical (unpaired) electrons. The molecular formula is C17H16O2. The molecule has 0 heterocycles. The van der Waals surface area contributed by atoms with Crippen molar-refractivity contribution in [3.8, 4) is 5.75 Å². The van der Waals surface area contributed by atoms with Crippen molar-refractivity contribution >= 4 is 11.9 Å². The van der Waals surface area contributed by atoms with Gasteiger partial charge in [-0.05, 0) is 30.7 Å². The fourth-order valence-electron chi connectivity index (χ4n) is 1.91. The van der Waals surface area contributed by atoms with Gasteiger partial charge < -0.3 is 4.74 Å². The molecule has 0 aliphatic heterocycles. The predicted molar refractivity (Wildman–Crippen MR) is 77.5 cm³/mol. The Hall–Kier alpha value is -2.35. The molecule has 0 aliphatic rings. The molecule has 0 amide bonds. The van der Waals surface area contributed by atoms with E-state index < -0.39 is 0 Å². The number of allylic oxidation sites excluding steroid dienone is 1. The van der Waals surface area contributed by atoms with E-state index >= 15 is 0 Å². The quantitative estimate of drug-likeness (QED) is 0.609. The standard InChI is InChI=1S/C17H16O2/c1-13-7-3-5-9-15(13)16(18)12-11-14-8-4-6-10-17(14)19-2/h3-12H,1-2H3. The van der Waals surface area contributed by atoms with Crippen LogP contribution in [0.4, 0.5) is 0 Å². The molecule has 2 rings (SSSR count). The van der Waals surface area contributed by atoms with Crippen LogP contribution in [0.25, 0.3) is 6.08 Å². The smallest absolute Gasteiger partial charge is 0.186 e. The summed E-state index contributed by atoms with van der Waals surface area (Å²) in [7, 11) is 1.62. The molecule has 2 aromatic rings. The highest BCUT2D eigenvalue weighted by molar-refractivity contribution is 6.07. The molecule has 2 aromatic carbocycles. The first-order chi connectivity index (χ1) is 9.22. The van der Waals surface area contributed by atoms with E-state index in [2.05, 4.69) is 0 Å². The van der Waals surface area contributed by atoms with Gasteiger partial charge in [0, 0.05) is 11.1 Å². The summed E-state index contributed by atoms with van der Waals surface area (Å²) in [6.07, 6.45) is 3.37. The van der Waals surface area contributed by atoms with Crippen molar-refractivity contribution < 1.29 is 9.53 Å². The van der Waals surface area contributed by atoms with Crippen LogP contribution in [0.2, 0.25) is 0 Å². The molecule has 0 N–H and O–H groups in total. The first kappa shape index (κ1) is 13.1. The van der Waals surface area contributed by atoms with Crippen LogP contribution in [0.15, 0.2) is 54.6 Å². The molecule has 0 aromatic heterocycles. The number of benzene rings is 2. The van der Waals surface area contributed by atoms with Crippen LogP contribution >= 0.6 is 0 Å². The third-order valence-corrected chi connectivity index (χ3v) is 2.96. The number of carbonyl (C=O) groups is 1. The zero-order chi connectivity index (χ0) is 13.7. The Labute approximate surface area is 113 Å². The van der Waals surface area contributed by atoms with Gasteiger partial charge in [-0.1, -0.05) is 42.5 Å². The predicted octanol–water partition coefficient (Wildman–Crippen LogP) is 3.90. The third kappa shape index (κ3) is 3.10. The first-order valence-electron chi connectivity index (χ1n) is 6.13. The van der Waals surface area contributed by atoms with Crippen molar-refractivity contribution in [3.63, 3.8) is 0 Å². The highest BCUT2D eigenvalue weighted by atomic mass is 16.5. The minimum atomic E-state index is 0.00371. The average molecular weight is 252 g/mol. The molecule has 0 unspecified atom stereocenters. The van der Waals surface area contributed by atoms with Crippen LogP contribution in [-0.4, -0.2) is 12.9 Å². The molecule has 2 heteroatoms. The lowest BCUT2D eigenvalue weighted by Gasteiger charge is -2.04. The van der Waals surface area contributed by atoms with Crippen molar-refractivity contribution in [2.45, 2.75) is 6.92 Å². The van der Waals surface area contributed by atoms with Gasteiger partial charge in [0.25, 0.3) is 0 Å². The number of hydrogen-bond donors (Lipinski definition) is 0. The molecule has 0 atom stereocenters. The van der Waals surface area contributed by atoms with Gasteiger partial charge in [-0.25, -0.2) is 0 Å². The number of rotatable bonds is 4. The first-order valence-corrected chi connectivity index (χ1v) is 6.13. The Bertz CT molecular complexity index is 612. The van der Waals surface area contributed by atoms with E-state index in [9.17, 15) is 4.79 Å². The van der Waals surface area contributed by atoms with Gasteiger partial charge in [0.1, 0.15) is 5.75 Å². The maximum Gasteiger partial charge on any atom is 0.186 e. The Morgan fingerprint density at radius 2 is 1.74 bits per heavy atom. The number of methoxy groups -OCH3 is 1. The number of ketones is 1. The molecule has 0 saturated carbocycles. The fourth-order valence-corrected chi connectivity index (χ4v) is 1.91. The van der Waals surface area contributed by atoms with Crippen LogP contribution in [0.5, 0.6) is 5.75 Å². The van der Waals surface area contributed by atoms with Crippen molar-refractivity contribution in [1.82, 2.24) is 0 Å². The molecule has 2 nitrogen and oxygen atoms in total. The molecular weight excluding hydrogens is 236 g/mol. The van der Waals surface area contributed by atoms with E-state index in [1.165, 1.54) is 0 Å². The van der Waals surface area contributed by atoms with Crippen molar-refractivity contribution in [1.29, 1.82) is 0 Å².